The van der Waals surface area contributed by atoms with E-state index in [9.17, 15) is 14.2 Å². The number of aliphatic hydroxyl groups excluding tert-OH is 1. The highest BCUT2D eigenvalue weighted by Crippen LogP contribution is 2.59. The van der Waals surface area contributed by atoms with Crippen LogP contribution in [0.3, 0.4) is 0 Å². The van der Waals surface area contributed by atoms with E-state index >= 15 is 0 Å². The van der Waals surface area contributed by atoms with E-state index in [-0.39, 0.29) is 25.6 Å². The zero-order chi connectivity index (χ0) is 13.1. The Hall–Kier alpha value is -1.00. The van der Waals surface area contributed by atoms with E-state index in [1.807, 2.05) is 0 Å². The Morgan fingerprint density at radius 1 is 1.35 bits per heavy atom. The van der Waals surface area contributed by atoms with Crippen LogP contribution in [0.25, 0.3) is 0 Å². The van der Waals surface area contributed by atoms with Crippen molar-refractivity contribution in [1.29, 1.82) is 0 Å². The fourth-order valence-electron chi connectivity index (χ4n) is 2.10. The highest BCUT2D eigenvalue weighted by atomic mass is 31.1. The first kappa shape index (κ1) is 14.1. The lowest BCUT2D eigenvalue weighted by Gasteiger charge is -2.06. The van der Waals surface area contributed by atoms with Crippen molar-refractivity contribution in [3.63, 3.8) is 0 Å². The number of hydrogen-bond donors (Lipinski definition) is 3. The Morgan fingerprint density at radius 3 is 2.41 bits per heavy atom. The van der Waals surface area contributed by atoms with Gasteiger partial charge in [0.05, 0.1) is 12.3 Å². The summed E-state index contributed by atoms with van der Waals surface area (Å²) in [5.74, 6) is -2.76. The standard InChI is InChI=1S/C10H15O6P/c11-2-1-3-17(16)6-10(5-8(12)13)4-7(10)9(14)15/h7,11H,1-6H2,(H-,12,13,14,15)/p+1. The maximum atomic E-state index is 11.7. The Balaban J connectivity index is 2.58. The van der Waals surface area contributed by atoms with Gasteiger partial charge in [0.2, 0.25) is 0 Å². The molecule has 3 N–H and O–H groups in total. The van der Waals surface area contributed by atoms with Crippen LogP contribution < -0.4 is 0 Å². The van der Waals surface area contributed by atoms with E-state index in [0.29, 0.717) is 12.6 Å². The summed E-state index contributed by atoms with van der Waals surface area (Å²) in [5.41, 5.74) is -0.833. The van der Waals surface area contributed by atoms with E-state index in [1.165, 1.54) is 0 Å². The third-order valence-corrected chi connectivity index (χ3v) is 4.85. The third-order valence-electron chi connectivity index (χ3n) is 3.05. The molecule has 0 aromatic carbocycles. The molecule has 1 saturated carbocycles. The maximum Gasteiger partial charge on any atom is 0.339 e. The van der Waals surface area contributed by atoms with Crippen LogP contribution in [-0.2, 0) is 14.2 Å². The van der Waals surface area contributed by atoms with Crippen LogP contribution in [0.1, 0.15) is 19.3 Å². The quantitative estimate of drug-likeness (QED) is 0.557. The van der Waals surface area contributed by atoms with Crippen molar-refractivity contribution in [1.82, 2.24) is 0 Å². The molecule has 0 bridgehead atoms. The van der Waals surface area contributed by atoms with Crippen molar-refractivity contribution >= 4 is 19.7 Å². The van der Waals surface area contributed by atoms with Crippen LogP contribution in [-0.4, -0.2) is 46.2 Å². The number of carboxylic acids is 2. The zero-order valence-electron chi connectivity index (χ0n) is 9.33. The average molecular weight is 263 g/mol. The number of rotatable bonds is 8. The molecule has 0 radical (unpaired) electrons. The molecule has 0 aromatic heterocycles. The van der Waals surface area contributed by atoms with Crippen molar-refractivity contribution < 1.29 is 29.5 Å². The number of carboxylic acid groups (broad SMARTS) is 2. The molecule has 0 aromatic rings. The largest absolute Gasteiger partial charge is 0.481 e. The van der Waals surface area contributed by atoms with Gasteiger partial charge in [-0.15, -0.1) is 0 Å². The monoisotopic (exact) mass is 263 g/mol. The molecule has 0 aliphatic heterocycles. The van der Waals surface area contributed by atoms with Crippen LogP contribution in [0.15, 0.2) is 0 Å². The molecule has 0 heterocycles. The van der Waals surface area contributed by atoms with Crippen molar-refractivity contribution in [3.05, 3.63) is 0 Å². The lowest BCUT2D eigenvalue weighted by Crippen LogP contribution is -2.18. The van der Waals surface area contributed by atoms with E-state index in [1.54, 1.807) is 0 Å². The molecule has 0 amide bonds. The molecule has 1 aliphatic carbocycles. The number of aliphatic carboxylic acids is 2. The van der Waals surface area contributed by atoms with E-state index in [4.69, 9.17) is 15.3 Å². The highest BCUT2D eigenvalue weighted by Gasteiger charge is 2.63. The van der Waals surface area contributed by atoms with E-state index in [0.717, 1.165) is 0 Å². The Morgan fingerprint density at radius 2 is 2.00 bits per heavy atom. The molecule has 1 rings (SSSR count). The first-order valence-electron chi connectivity index (χ1n) is 5.39. The minimum Gasteiger partial charge on any atom is -0.481 e. The molecule has 0 saturated heterocycles. The van der Waals surface area contributed by atoms with Gasteiger partial charge in [0.25, 0.3) is 0 Å². The highest BCUT2D eigenvalue weighted by molar-refractivity contribution is 7.44. The Kier molecular flexibility index (Phi) is 4.60. The molecular weight excluding hydrogens is 247 g/mol. The van der Waals surface area contributed by atoms with Crippen LogP contribution in [0, 0.1) is 11.3 Å². The second-order valence-electron chi connectivity index (χ2n) is 4.47. The lowest BCUT2D eigenvalue weighted by atomic mass is 10.0. The number of carbonyl (C=O) groups is 2. The summed E-state index contributed by atoms with van der Waals surface area (Å²) in [6.07, 6.45) is 0.889. The molecule has 1 aliphatic rings. The summed E-state index contributed by atoms with van der Waals surface area (Å²) in [5, 5.41) is 26.2. The van der Waals surface area contributed by atoms with Gasteiger partial charge >= 0.3 is 19.7 Å². The summed E-state index contributed by atoms with van der Waals surface area (Å²) in [4.78, 5) is 21.5. The summed E-state index contributed by atoms with van der Waals surface area (Å²) >= 11 is 0. The van der Waals surface area contributed by atoms with Gasteiger partial charge in [0, 0.05) is 18.4 Å². The van der Waals surface area contributed by atoms with E-state index in [2.05, 4.69) is 0 Å². The minimum atomic E-state index is -1.63. The van der Waals surface area contributed by atoms with Crippen molar-refractivity contribution in [2.45, 2.75) is 19.3 Å². The van der Waals surface area contributed by atoms with Crippen LogP contribution in [0.4, 0.5) is 0 Å². The number of aliphatic hydroxyl groups is 1. The Bertz CT molecular complexity index is 342. The molecular formula is C10H16O6P+. The van der Waals surface area contributed by atoms with Gasteiger partial charge in [-0.1, -0.05) is 4.57 Å². The first-order valence-corrected chi connectivity index (χ1v) is 7.02. The summed E-state index contributed by atoms with van der Waals surface area (Å²) in [7, 11) is -1.63. The lowest BCUT2D eigenvalue weighted by molar-refractivity contribution is -0.140. The van der Waals surface area contributed by atoms with Gasteiger partial charge in [-0.2, -0.15) is 0 Å². The molecule has 3 unspecified atom stereocenters. The van der Waals surface area contributed by atoms with Gasteiger partial charge in [-0.25, -0.2) is 0 Å². The summed E-state index contributed by atoms with van der Waals surface area (Å²) in [6.45, 7) is -0.0602. The maximum absolute atomic E-state index is 11.7. The molecule has 6 nitrogen and oxygen atoms in total. The van der Waals surface area contributed by atoms with Crippen molar-refractivity contribution in [2.24, 2.45) is 11.3 Å². The molecule has 7 heteroatoms. The van der Waals surface area contributed by atoms with Gasteiger partial charge < -0.3 is 15.3 Å². The average Bonchev–Trinajstić information content (AvgIpc) is 2.88. The summed E-state index contributed by atoms with van der Waals surface area (Å²) < 4.78 is 11.7. The molecule has 3 atom stereocenters. The number of hydrogen-bond acceptors (Lipinski definition) is 4. The van der Waals surface area contributed by atoms with Gasteiger partial charge in [0.15, 0.2) is 6.16 Å². The molecule has 96 valence electrons. The molecule has 0 spiro atoms. The SMILES string of the molecule is O=C(O)CC1(C[P+](=O)CCCO)CC1C(=O)O. The topological polar surface area (TPSA) is 112 Å². The van der Waals surface area contributed by atoms with Crippen molar-refractivity contribution in [3.8, 4) is 0 Å². The second kappa shape index (κ2) is 5.56. The molecule has 17 heavy (non-hydrogen) atoms. The smallest absolute Gasteiger partial charge is 0.339 e. The van der Waals surface area contributed by atoms with Crippen LogP contribution in [0.5, 0.6) is 0 Å². The first-order chi connectivity index (χ1) is 7.91. The fraction of sp³-hybridized carbons (Fsp3) is 0.800. The van der Waals surface area contributed by atoms with Gasteiger partial charge in [-0.3, -0.25) is 9.59 Å². The van der Waals surface area contributed by atoms with Crippen molar-refractivity contribution in [2.75, 3.05) is 18.9 Å². The predicted octanol–water partition coefficient (Wildman–Crippen LogP) is 0.762. The van der Waals surface area contributed by atoms with Gasteiger partial charge in [0.1, 0.15) is 6.16 Å². The van der Waals surface area contributed by atoms with Crippen LogP contribution >= 0.6 is 7.80 Å². The third kappa shape index (κ3) is 3.75. The molecule has 1 fully saturated rings. The van der Waals surface area contributed by atoms with Gasteiger partial charge in [-0.05, 0) is 6.42 Å². The predicted molar refractivity (Wildman–Crippen MR) is 59.5 cm³/mol. The Labute approximate surface area is 99.4 Å². The second-order valence-corrected chi connectivity index (χ2v) is 6.20. The zero-order valence-corrected chi connectivity index (χ0v) is 10.2. The minimum absolute atomic E-state index is 0.0602. The van der Waals surface area contributed by atoms with E-state index < -0.39 is 31.1 Å². The fourth-order valence-corrected chi connectivity index (χ4v) is 3.92. The normalized spacial score (nSPS) is 27.6. The summed E-state index contributed by atoms with van der Waals surface area (Å²) in [6, 6.07) is 0. The van der Waals surface area contributed by atoms with Crippen LogP contribution in [0.2, 0.25) is 0 Å².